The normalized spacial score (nSPS) is 12.0. The molecule has 0 saturated heterocycles. The first kappa shape index (κ1) is 34.5. The lowest BCUT2D eigenvalue weighted by molar-refractivity contribution is 0.101. The van der Waals surface area contributed by atoms with E-state index in [9.17, 15) is 5.11 Å². The van der Waals surface area contributed by atoms with Gasteiger partial charge in [0.1, 0.15) is 28.5 Å². The summed E-state index contributed by atoms with van der Waals surface area (Å²) in [5.41, 5.74) is 3.63. The van der Waals surface area contributed by atoms with Gasteiger partial charge in [-0.3, -0.25) is 0 Å². The fourth-order valence-electron chi connectivity index (χ4n) is 6.00. The number of hydrogen-bond donors (Lipinski definition) is 1. The Balaban J connectivity index is 1.70. The van der Waals surface area contributed by atoms with Crippen molar-refractivity contribution in [3.63, 3.8) is 0 Å². The average Bonchev–Trinajstić information content (AvgIpc) is 2.96. The van der Waals surface area contributed by atoms with E-state index in [0.29, 0.717) is 18.6 Å². The maximum Gasteiger partial charge on any atom is 0.123 e. The Kier molecular flexibility index (Phi) is 14.0. The van der Waals surface area contributed by atoms with E-state index in [1.165, 1.54) is 75.3 Å². The smallest absolute Gasteiger partial charge is 0.123 e. The summed E-state index contributed by atoms with van der Waals surface area (Å²) in [5.74, 6) is 2.25. The van der Waals surface area contributed by atoms with Crippen molar-refractivity contribution < 1.29 is 14.6 Å². The van der Waals surface area contributed by atoms with E-state index in [1.54, 1.807) is 6.07 Å². The third-order valence-corrected chi connectivity index (χ3v) is 8.28. The molecule has 3 heteroatoms. The Bertz CT molecular complexity index is 1230. The predicted molar refractivity (Wildman–Crippen MR) is 183 cm³/mol. The number of para-hydroxylation sites is 2. The van der Waals surface area contributed by atoms with Crippen LogP contribution in [0.2, 0.25) is 0 Å². The first-order valence-corrected chi connectivity index (χ1v) is 17.0. The van der Waals surface area contributed by atoms with Crippen LogP contribution in [0.25, 0.3) is 0 Å². The highest BCUT2D eigenvalue weighted by Crippen LogP contribution is 2.34. The molecule has 0 saturated carbocycles. The summed E-state index contributed by atoms with van der Waals surface area (Å²) in [6.45, 7) is 13.1. The summed E-state index contributed by atoms with van der Waals surface area (Å²) in [7, 11) is 0. The van der Waals surface area contributed by atoms with Crippen molar-refractivity contribution in [1.29, 1.82) is 0 Å². The summed E-state index contributed by atoms with van der Waals surface area (Å²) in [6, 6.07) is 22.8. The van der Waals surface area contributed by atoms with E-state index >= 15 is 0 Å². The second-order valence-electron chi connectivity index (χ2n) is 13.5. The molecule has 0 aliphatic heterocycles. The van der Waals surface area contributed by atoms with Crippen molar-refractivity contribution in [3.8, 4) is 17.2 Å². The molecule has 3 aromatic carbocycles. The molecule has 0 atom stereocenters. The van der Waals surface area contributed by atoms with Crippen LogP contribution in [0.3, 0.4) is 0 Å². The van der Waals surface area contributed by atoms with Gasteiger partial charge in [-0.15, -0.1) is 0 Å². The topological polar surface area (TPSA) is 38.7 Å². The molecule has 0 radical (unpaired) electrons. The van der Waals surface area contributed by atoms with Crippen LogP contribution in [0.4, 0.5) is 0 Å². The van der Waals surface area contributed by atoms with Gasteiger partial charge in [-0.25, -0.2) is 0 Å². The minimum absolute atomic E-state index is 0.321. The summed E-state index contributed by atoms with van der Waals surface area (Å²) >= 11 is 0. The highest BCUT2D eigenvalue weighted by Gasteiger charge is 2.28. The van der Waals surface area contributed by atoms with E-state index in [2.05, 4.69) is 96.1 Å². The van der Waals surface area contributed by atoms with Gasteiger partial charge in [-0.2, -0.15) is 0 Å². The molecule has 1 N–H and O–H groups in total. The Labute approximate surface area is 263 Å². The molecule has 0 heterocycles. The van der Waals surface area contributed by atoms with Crippen LogP contribution in [-0.2, 0) is 25.7 Å². The molecule has 0 spiro atoms. The van der Waals surface area contributed by atoms with E-state index in [4.69, 9.17) is 9.47 Å². The molecule has 0 aliphatic rings. The fraction of sp³-hybridized carbons (Fsp3) is 0.550. The second-order valence-corrected chi connectivity index (χ2v) is 13.5. The van der Waals surface area contributed by atoms with Gasteiger partial charge < -0.3 is 14.6 Å². The summed E-state index contributed by atoms with van der Waals surface area (Å²) in [6.07, 6.45) is 16.0. The molecule has 3 rings (SSSR count). The number of ether oxygens (including phenoxy) is 2. The lowest BCUT2D eigenvalue weighted by Crippen LogP contribution is -2.34. The van der Waals surface area contributed by atoms with E-state index in [1.807, 2.05) is 6.07 Å². The maximum atomic E-state index is 11.1. The number of hydrogen-bond acceptors (Lipinski definition) is 3. The molecule has 3 nitrogen and oxygen atoms in total. The molecule has 0 amide bonds. The number of benzene rings is 3. The third-order valence-electron chi connectivity index (χ3n) is 8.28. The van der Waals surface area contributed by atoms with Gasteiger partial charge in [0.2, 0.25) is 0 Å². The Hall–Kier alpha value is -2.94. The molecule has 0 unspecified atom stereocenters. The first-order chi connectivity index (χ1) is 20.6. The number of phenols is 1. The van der Waals surface area contributed by atoms with Gasteiger partial charge in [0.15, 0.2) is 0 Å². The third kappa shape index (κ3) is 11.9. The molecule has 236 valence electrons. The van der Waals surface area contributed by atoms with Crippen molar-refractivity contribution in [2.45, 2.75) is 143 Å². The largest absolute Gasteiger partial charge is 0.508 e. The van der Waals surface area contributed by atoms with Crippen LogP contribution in [0.1, 0.15) is 128 Å². The number of unbranched alkanes of at least 4 members (excludes halogenated alkanes) is 8. The number of phenolic OH excluding ortho intramolecular Hbond substituents is 1. The molecule has 3 aromatic rings. The summed E-state index contributed by atoms with van der Waals surface area (Å²) in [5, 5.41) is 11.1. The molecule has 43 heavy (non-hydrogen) atoms. The molecule has 0 bridgehead atoms. The van der Waals surface area contributed by atoms with Crippen LogP contribution in [0.5, 0.6) is 17.2 Å². The minimum atomic E-state index is -0.499. The van der Waals surface area contributed by atoms with Crippen molar-refractivity contribution in [1.82, 2.24) is 0 Å². The van der Waals surface area contributed by atoms with Gasteiger partial charge in [0.05, 0.1) is 0 Å². The van der Waals surface area contributed by atoms with Crippen LogP contribution in [0, 0.1) is 0 Å². The molecule has 0 aromatic heterocycles. The van der Waals surface area contributed by atoms with Crippen molar-refractivity contribution in [2.24, 2.45) is 0 Å². The summed E-state index contributed by atoms with van der Waals surface area (Å²) < 4.78 is 13.4. The van der Waals surface area contributed by atoms with Gasteiger partial charge in [0, 0.05) is 18.4 Å². The quantitative estimate of drug-likeness (QED) is 0.134. The number of aromatic hydroxyl groups is 1. The lowest BCUT2D eigenvalue weighted by atomic mass is 9.88. The zero-order chi connectivity index (χ0) is 31.1. The van der Waals surface area contributed by atoms with Crippen LogP contribution < -0.4 is 9.47 Å². The van der Waals surface area contributed by atoms with Crippen molar-refractivity contribution >= 4 is 0 Å². The molecular weight excluding hydrogens is 528 g/mol. The standard InChI is InChI=1S/C40H58O3/c1-7-9-11-13-15-22-32-24-17-19-28-37(32)42-39(3,4)30-34-26-21-27-36(41)35(34)31-40(5,6)43-38-29-20-18-25-33(38)23-16-14-12-10-8-2/h17-21,24-29,41H,7-16,22-23,30-31H2,1-6H3. The Morgan fingerprint density at radius 3 is 1.47 bits per heavy atom. The zero-order valence-electron chi connectivity index (χ0n) is 28.0. The van der Waals surface area contributed by atoms with Crippen molar-refractivity contribution in [3.05, 3.63) is 89.0 Å². The van der Waals surface area contributed by atoms with Crippen molar-refractivity contribution in [2.75, 3.05) is 0 Å². The van der Waals surface area contributed by atoms with E-state index in [-0.39, 0.29) is 0 Å². The van der Waals surface area contributed by atoms with Gasteiger partial charge in [0.25, 0.3) is 0 Å². The second kappa shape index (κ2) is 17.4. The zero-order valence-corrected chi connectivity index (χ0v) is 28.0. The average molecular weight is 587 g/mol. The van der Waals surface area contributed by atoms with E-state index < -0.39 is 11.2 Å². The van der Waals surface area contributed by atoms with Gasteiger partial charge in [-0.05, 0) is 88.3 Å². The van der Waals surface area contributed by atoms with Crippen LogP contribution in [0.15, 0.2) is 66.7 Å². The minimum Gasteiger partial charge on any atom is -0.508 e. The fourth-order valence-corrected chi connectivity index (χ4v) is 6.00. The molecule has 0 fully saturated rings. The van der Waals surface area contributed by atoms with E-state index in [0.717, 1.165) is 35.5 Å². The predicted octanol–water partition coefficient (Wildman–Crippen LogP) is 11.2. The van der Waals surface area contributed by atoms with Gasteiger partial charge in [-0.1, -0.05) is 114 Å². The van der Waals surface area contributed by atoms with Gasteiger partial charge >= 0.3 is 0 Å². The maximum absolute atomic E-state index is 11.1. The van der Waals surface area contributed by atoms with Crippen LogP contribution in [-0.4, -0.2) is 16.3 Å². The highest BCUT2D eigenvalue weighted by atomic mass is 16.5. The highest BCUT2D eigenvalue weighted by molar-refractivity contribution is 5.42. The monoisotopic (exact) mass is 586 g/mol. The molecular formula is C40H58O3. The number of aryl methyl sites for hydroxylation is 2. The first-order valence-electron chi connectivity index (χ1n) is 17.0. The number of rotatable bonds is 20. The summed E-state index contributed by atoms with van der Waals surface area (Å²) in [4.78, 5) is 0. The lowest BCUT2D eigenvalue weighted by Gasteiger charge is -2.32. The van der Waals surface area contributed by atoms with Crippen LogP contribution >= 0.6 is 0 Å². The Morgan fingerprint density at radius 2 is 0.953 bits per heavy atom. The SMILES string of the molecule is CCCCCCCc1ccccc1OC(C)(C)Cc1cccc(O)c1CC(C)(C)Oc1ccccc1CCCCCCC. The molecule has 0 aliphatic carbocycles. The Morgan fingerprint density at radius 1 is 0.512 bits per heavy atom.